The monoisotopic (exact) mass is 229 g/mol. The summed E-state index contributed by atoms with van der Waals surface area (Å²) in [6.45, 7) is 0.916. The van der Waals surface area contributed by atoms with Crippen molar-refractivity contribution < 1.29 is 9.13 Å². The molecule has 0 radical (unpaired) electrons. The molecule has 0 bridgehead atoms. The number of halogens is 2. The van der Waals surface area contributed by atoms with Crippen molar-refractivity contribution in [3.05, 3.63) is 28.5 Å². The lowest BCUT2D eigenvalue weighted by atomic mass is 10.0. The Morgan fingerprint density at radius 3 is 2.93 bits per heavy atom. The van der Waals surface area contributed by atoms with E-state index in [9.17, 15) is 4.39 Å². The SMILES string of the molecule is COc1c(Cl)ccc(F)c1C1CCCN1. The Bertz CT molecular complexity index is 364. The molecular formula is C11H13ClFNO. The molecule has 1 N–H and O–H groups in total. The van der Waals surface area contributed by atoms with Crippen LogP contribution in [0.2, 0.25) is 5.02 Å². The molecule has 1 aromatic carbocycles. The van der Waals surface area contributed by atoms with Crippen LogP contribution in [-0.4, -0.2) is 13.7 Å². The van der Waals surface area contributed by atoms with Gasteiger partial charge < -0.3 is 10.1 Å². The van der Waals surface area contributed by atoms with Crippen LogP contribution in [0.15, 0.2) is 12.1 Å². The molecule has 1 aliphatic heterocycles. The average Bonchev–Trinajstić information content (AvgIpc) is 2.74. The molecule has 1 atom stereocenters. The van der Waals surface area contributed by atoms with Crippen molar-refractivity contribution in [2.75, 3.05) is 13.7 Å². The van der Waals surface area contributed by atoms with Gasteiger partial charge in [0, 0.05) is 11.6 Å². The highest BCUT2D eigenvalue weighted by Gasteiger charge is 2.24. The molecule has 4 heteroatoms. The van der Waals surface area contributed by atoms with Gasteiger partial charge in [-0.3, -0.25) is 0 Å². The molecule has 0 amide bonds. The predicted molar refractivity (Wildman–Crippen MR) is 57.9 cm³/mol. The third-order valence-corrected chi connectivity index (χ3v) is 3.01. The van der Waals surface area contributed by atoms with E-state index in [1.807, 2.05) is 0 Å². The number of benzene rings is 1. The predicted octanol–water partition coefficient (Wildman–Crippen LogP) is 2.91. The Morgan fingerprint density at radius 2 is 2.33 bits per heavy atom. The van der Waals surface area contributed by atoms with Crippen molar-refractivity contribution in [1.29, 1.82) is 0 Å². The molecule has 2 rings (SSSR count). The van der Waals surface area contributed by atoms with Crippen LogP contribution in [0, 0.1) is 5.82 Å². The van der Waals surface area contributed by atoms with Gasteiger partial charge in [-0.25, -0.2) is 4.39 Å². The zero-order valence-corrected chi connectivity index (χ0v) is 9.27. The highest BCUT2D eigenvalue weighted by Crippen LogP contribution is 2.37. The average molecular weight is 230 g/mol. The van der Waals surface area contributed by atoms with Crippen LogP contribution in [0.4, 0.5) is 4.39 Å². The Kier molecular flexibility index (Phi) is 3.12. The molecule has 1 aliphatic rings. The van der Waals surface area contributed by atoms with E-state index in [4.69, 9.17) is 16.3 Å². The van der Waals surface area contributed by atoms with E-state index < -0.39 is 0 Å². The molecule has 1 fully saturated rings. The minimum atomic E-state index is -0.254. The summed E-state index contributed by atoms with van der Waals surface area (Å²) in [6, 6.07) is 2.94. The zero-order valence-electron chi connectivity index (χ0n) is 8.52. The van der Waals surface area contributed by atoms with Crippen molar-refractivity contribution >= 4 is 11.6 Å². The lowest BCUT2D eigenvalue weighted by Crippen LogP contribution is -2.15. The largest absolute Gasteiger partial charge is 0.495 e. The fourth-order valence-electron chi connectivity index (χ4n) is 2.01. The van der Waals surface area contributed by atoms with Crippen molar-refractivity contribution in [2.24, 2.45) is 0 Å². The Morgan fingerprint density at radius 1 is 1.53 bits per heavy atom. The van der Waals surface area contributed by atoms with E-state index in [0.29, 0.717) is 16.3 Å². The lowest BCUT2D eigenvalue weighted by molar-refractivity contribution is 0.396. The van der Waals surface area contributed by atoms with Crippen LogP contribution in [0.25, 0.3) is 0 Å². The quantitative estimate of drug-likeness (QED) is 0.842. The zero-order chi connectivity index (χ0) is 10.8. The number of nitrogens with one attached hydrogen (secondary N) is 1. The van der Waals surface area contributed by atoms with Gasteiger partial charge in [0.25, 0.3) is 0 Å². The van der Waals surface area contributed by atoms with E-state index in [1.165, 1.54) is 19.2 Å². The molecule has 1 aromatic rings. The standard InChI is InChI=1S/C11H13ClFNO/c1-15-11-7(12)4-5-8(13)10(11)9-3-2-6-14-9/h4-5,9,14H,2-3,6H2,1H3. The van der Waals surface area contributed by atoms with Gasteiger partial charge in [0.05, 0.1) is 12.1 Å². The normalized spacial score (nSPS) is 20.6. The van der Waals surface area contributed by atoms with Gasteiger partial charge in [0.1, 0.15) is 11.6 Å². The molecular weight excluding hydrogens is 217 g/mol. The van der Waals surface area contributed by atoms with E-state index in [0.717, 1.165) is 19.4 Å². The van der Waals surface area contributed by atoms with Crippen LogP contribution in [-0.2, 0) is 0 Å². The Labute approximate surface area is 93.4 Å². The van der Waals surface area contributed by atoms with E-state index >= 15 is 0 Å². The summed E-state index contributed by atoms with van der Waals surface area (Å²) >= 11 is 5.96. The van der Waals surface area contributed by atoms with Gasteiger partial charge in [0.2, 0.25) is 0 Å². The maximum atomic E-state index is 13.7. The third kappa shape index (κ3) is 1.94. The van der Waals surface area contributed by atoms with Gasteiger partial charge in [-0.2, -0.15) is 0 Å². The molecule has 15 heavy (non-hydrogen) atoms. The molecule has 0 spiro atoms. The Balaban J connectivity index is 2.46. The molecule has 82 valence electrons. The molecule has 0 saturated carbocycles. The molecule has 1 heterocycles. The summed E-state index contributed by atoms with van der Waals surface area (Å²) in [5, 5.41) is 3.70. The topological polar surface area (TPSA) is 21.3 Å². The third-order valence-electron chi connectivity index (χ3n) is 2.71. The van der Waals surface area contributed by atoms with Crippen LogP contribution >= 0.6 is 11.6 Å². The number of rotatable bonds is 2. The first-order chi connectivity index (χ1) is 7.24. The number of methoxy groups -OCH3 is 1. The van der Waals surface area contributed by atoms with Crippen LogP contribution in [0.5, 0.6) is 5.75 Å². The van der Waals surface area contributed by atoms with Crippen LogP contribution in [0.3, 0.4) is 0 Å². The molecule has 1 unspecified atom stereocenters. The van der Waals surface area contributed by atoms with Gasteiger partial charge >= 0.3 is 0 Å². The maximum Gasteiger partial charge on any atom is 0.145 e. The minimum Gasteiger partial charge on any atom is -0.495 e. The van der Waals surface area contributed by atoms with Crippen molar-refractivity contribution in [1.82, 2.24) is 5.32 Å². The second kappa shape index (κ2) is 4.37. The van der Waals surface area contributed by atoms with Crippen molar-refractivity contribution in [3.8, 4) is 5.75 Å². The summed E-state index contributed by atoms with van der Waals surface area (Å²) < 4.78 is 18.8. The number of hydrogen-bond donors (Lipinski definition) is 1. The summed E-state index contributed by atoms with van der Waals surface area (Å²) in [6.07, 6.45) is 1.98. The minimum absolute atomic E-state index is 0.0265. The highest BCUT2D eigenvalue weighted by atomic mass is 35.5. The molecule has 1 saturated heterocycles. The summed E-state index contributed by atoms with van der Waals surface area (Å²) in [5.74, 6) is 0.201. The number of ether oxygens (including phenoxy) is 1. The smallest absolute Gasteiger partial charge is 0.145 e. The molecule has 2 nitrogen and oxygen atoms in total. The first-order valence-electron chi connectivity index (χ1n) is 4.99. The maximum absolute atomic E-state index is 13.7. The highest BCUT2D eigenvalue weighted by molar-refractivity contribution is 6.32. The first-order valence-corrected chi connectivity index (χ1v) is 5.37. The van der Waals surface area contributed by atoms with E-state index in [-0.39, 0.29) is 11.9 Å². The van der Waals surface area contributed by atoms with Crippen LogP contribution in [0.1, 0.15) is 24.4 Å². The van der Waals surface area contributed by atoms with Gasteiger partial charge in [-0.15, -0.1) is 0 Å². The number of hydrogen-bond acceptors (Lipinski definition) is 2. The van der Waals surface area contributed by atoms with Gasteiger partial charge in [-0.1, -0.05) is 11.6 Å². The summed E-state index contributed by atoms with van der Waals surface area (Å²) in [5.41, 5.74) is 0.558. The fourth-order valence-corrected chi connectivity index (χ4v) is 2.25. The summed E-state index contributed by atoms with van der Waals surface area (Å²) in [4.78, 5) is 0. The van der Waals surface area contributed by atoms with Gasteiger partial charge in [0.15, 0.2) is 0 Å². The van der Waals surface area contributed by atoms with Crippen LogP contribution < -0.4 is 10.1 Å². The summed E-state index contributed by atoms with van der Waals surface area (Å²) in [7, 11) is 1.51. The second-order valence-corrected chi connectivity index (χ2v) is 4.03. The van der Waals surface area contributed by atoms with Crippen molar-refractivity contribution in [2.45, 2.75) is 18.9 Å². The fraction of sp³-hybridized carbons (Fsp3) is 0.455. The lowest BCUT2D eigenvalue weighted by Gasteiger charge is -2.16. The van der Waals surface area contributed by atoms with Crippen molar-refractivity contribution in [3.63, 3.8) is 0 Å². The Hall–Kier alpha value is -0.800. The molecule has 0 aliphatic carbocycles. The second-order valence-electron chi connectivity index (χ2n) is 3.63. The molecule has 0 aromatic heterocycles. The first kappa shape index (κ1) is 10.7. The van der Waals surface area contributed by atoms with E-state index in [1.54, 1.807) is 0 Å². The van der Waals surface area contributed by atoms with E-state index in [2.05, 4.69) is 5.32 Å². The van der Waals surface area contributed by atoms with Gasteiger partial charge in [-0.05, 0) is 31.5 Å².